The third-order valence-corrected chi connectivity index (χ3v) is 1.96. The van der Waals surface area contributed by atoms with Crippen molar-refractivity contribution in [2.75, 3.05) is 26.2 Å². The average Bonchev–Trinajstić information content (AvgIpc) is 2.34. The molecule has 0 aromatic rings. The first-order valence-electron chi connectivity index (χ1n) is 3.53. The third-order valence-electron chi connectivity index (χ3n) is 1.74. The molecule has 0 spiro atoms. The molecule has 1 N–H and O–H groups in total. The quantitative estimate of drug-likeness (QED) is 0.564. The first-order chi connectivity index (χ1) is 4.43. The number of likely N-dealkylation sites (tertiary alicyclic amines) is 1. The van der Waals surface area contributed by atoms with E-state index in [1.54, 1.807) is 0 Å². The van der Waals surface area contributed by atoms with E-state index in [1.807, 2.05) is 0 Å². The molecule has 0 bridgehead atoms. The molecule has 1 aliphatic heterocycles. The predicted molar refractivity (Wildman–Crippen MR) is 42.7 cm³/mol. The van der Waals surface area contributed by atoms with Crippen molar-refractivity contribution < 1.29 is 0 Å². The molecule has 3 heteroatoms. The van der Waals surface area contributed by atoms with E-state index in [1.165, 1.54) is 25.9 Å². The molecule has 0 saturated carbocycles. The number of rotatable bonds is 3. The summed E-state index contributed by atoms with van der Waals surface area (Å²) in [5.41, 5.74) is 0. The molecule has 0 aromatic heterocycles. The van der Waals surface area contributed by atoms with Crippen LogP contribution in [0.1, 0.15) is 12.8 Å². The smallest absolute Gasteiger partial charge is 0.0184 e. The second kappa shape index (κ2) is 4.14. The van der Waals surface area contributed by atoms with Gasteiger partial charge in [-0.15, -0.1) is 0 Å². The normalized spacial score (nSPS) is 21.0. The van der Waals surface area contributed by atoms with Crippen molar-refractivity contribution in [3.8, 4) is 0 Å². The Kier molecular flexibility index (Phi) is 3.40. The maximum Gasteiger partial charge on any atom is 0.0184 e. The molecule has 1 saturated heterocycles. The fourth-order valence-electron chi connectivity index (χ4n) is 1.21. The second-order valence-corrected chi connectivity index (χ2v) is 2.77. The molecule has 1 heterocycles. The van der Waals surface area contributed by atoms with Crippen LogP contribution in [0, 0.1) is 0 Å². The number of nitrogens with zero attached hydrogens (tertiary/aromatic N) is 1. The van der Waals surface area contributed by atoms with Crippen molar-refractivity contribution >= 4 is 12.8 Å². The highest BCUT2D eigenvalue weighted by molar-refractivity contribution is 7.78. The van der Waals surface area contributed by atoms with Crippen LogP contribution in [-0.4, -0.2) is 31.1 Å². The van der Waals surface area contributed by atoms with Gasteiger partial charge in [0.25, 0.3) is 0 Å². The first kappa shape index (κ1) is 7.38. The van der Waals surface area contributed by atoms with Gasteiger partial charge in [0.1, 0.15) is 0 Å². The summed E-state index contributed by atoms with van der Waals surface area (Å²) < 4.78 is 2.85. The van der Waals surface area contributed by atoms with E-state index in [2.05, 4.69) is 22.4 Å². The summed E-state index contributed by atoms with van der Waals surface area (Å²) in [6.07, 6.45) is 2.76. The summed E-state index contributed by atoms with van der Waals surface area (Å²) in [5.74, 6) is 0. The van der Waals surface area contributed by atoms with Crippen molar-refractivity contribution in [2.45, 2.75) is 12.8 Å². The highest BCUT2D eigenvalue weighted by atomic mass is 32.1. The monoisotopic (exact) mass is 146 g/mol. The summed E-state index contributed by atoms with van der Waals surface area (Å²) in [6, 6.07) is 0. The molecule has 0 atom stereocenters. The van der Waals surface area contributed by atoms with Gasteiger partial charge in [-0.1, -0.05) is 12.8 Å². The SMILES string of the molecule is SNCCN1CCCC1. The Labute approximate surface area is 62.2 Å². The Balaban J connectivity index is 1.98. The van der Waals surface area contributed by atoms with Crippen LogP contribution in [0.3, 0.4) is 0 Å². The van der Waals surface area contributed by atoms with Crippen molar-refractivity contribution in [1.29, 1.82) is 0 Å². The Bertz CT molecular complexity index is 71.5. The molecule has 0 aliphatic carbocycles. The zero-order valence-corrected chi connectivity index (χ0v) is 6.53. The van der Waals surface area contributed by atoms with E-state index >= 15 is 0 Å². The molecule has 54 valence electrons. The van der Waals surface area contributed by atoms with Crippen LogP contribution in [-0.2, 0) is 0 Å². The lowest BCUT2D eigenvalue weighted by Gasteiger charge is -2.12. The summed E-state index contributed by atoms with van der Waals surface area (Å²) in [6.45, 7) is 4.73. The van der Waals surface area contributed by atoms with E-state index in [0.29, 0.717) is 0 Å². The van der Waals surface area contributed by atoms with Crippen molar-refractivity contribution in [3.05, 3.63) is 0 Å². The van der Waals surface area contributed by atoms with Crippen LogP contribution in [0.4, 0.5) is 0 Å². The van der Waals surface area contributed by atoms with Gasteiger partial charge in [0, 0.05) is 13.1 Å². The standard InChI is InChI=1S/C6H14N2S/c9-7-3-6-8-4-1-2-5-8/h7,9H,1-6H2. The minimum atomic E-state index is 1.00. The molecule has 0 unspecified atom stereocenters. The Morgan fingerprint density at radius 2 is 2.00 bits per heavy atom. The largest absolute Gasteiger partial charge is 0.302 e. The molecular formula is C6H14N2S. The third kappa shape index (κ3) is 2.56. The molecular weight excluding hydrogens is 132 g/mol. The number of hydrogen-bond acceptors (Lipinski definition) is 3. The van der Waals surface area contributed by atoms with Gasteiger partial charge in [0.05, 0.1) is 0 Å². The van der Waals surface area contributed by atoms with Crippen LogP contribution in [0.2, 0.25) is 0 Å². The van der Waals surface area contributed by atoms with Gasteiger partial charge in [0.15, 0.2) is 0 Å². The van der Waals surface area contributed by atoms with Crippen molar-refractivity contribution in [2.24, 2.45) is 0 Å². The number of hydrogen-bond donors (Lipinski definition) is 2. The van der Waals surface area contributed by atoms with E-state index in [-0.39, 0.29) is 0 Å². The van der Waals surface area contributed by atoms with Crippen LogP contribution in [0.15, 0.2) is 0 Å². The van der Waals surface area contributed by atoms with Crippen LogP contribution in [0.25, 0.3) is 0 Å². The molecule has 2 nitrogen and oxygen atoms in total. The van der Waals surface area contributed by atoms with Gasteiger partial charge in [0.2, 0.25) is 0 Å². The molecule has 0 amide bonds. The molecule has 1 aliphatic rings. The molecule has 1 fully saturated rings. The Morgan fingerprint density at radius 3 is 2.56 bits per heavy atom. The summed E-state index contributed by atoms with van der Waals surface area (Å²) in [4.78, 5) is 2.46. The highest BCUT2D eigenvalue weighted by Gasteiger charge is 2.09. The Morgan fingerprint density at radius 1 is 1.33 bits per heavy atom. The summed E-state index contributed by atoms with van der Waals surface area (Å²) in [7, 11) is 0. The number of thiol groups is 1. The molecule has 0 aromatic carbocycles. The van der Waals surface area contributed by atoms with Gasteiger partial charge in [-0.05, 0) is 25.9 Å². The lowest BCUT2D eigenvalue weighted by molar-refractivity contribution is 0.346. The van der Waals surface area contributed by atoms with Crippen molar-refractivity contribution in [1.82, 2.24) is 9.62 Å². The van der Waals surface area contributed by atoms with Gasteiger partial charge in [-0.25, -0.2) is 0 Å². The fraction of sp³-hybridized carbons (Fsp3) is 1.00. The minimum Gasteiger partial charge on any atom is -0.302 e. The zero-order valence-electron chi connectivity index (χ0n) is 5.64. The number of nitrogens with one attached hydrogen (secondary N) is 1. The molecule has 0 radical (unpaired) electrons. The van der Waals surface area contributed by atoms with Crippen molar-refractivity contribution in [3.63, 3.8) is 0 Å². The van der Waals surface area contributed by atoms with Crippen LogP contribution >= 0.6 is 12.8 Å². The molecule has 9 heavy (non-hydrogen) atoms. The van der Waals surface area contributed by atoms with Crippen LogP contribution in [0.5, 0.6) is 0 Å². The topological polar surface area (TPSA) is 15.3 Å². The minimum absolute atomic E-state index is 1.00. The predicted octanol–water partition coefficient (Wildman–Crippen LogP) is 0.517. The average molecular weight is 146 g/mol. The maximum absolute atomic E-state index is 3.92. The van der Waals surface area contributed by atoms with Gasteiger partial charge in [-0.3, -0.25) is 4.72 Å². The Hall–Kier alpha value is 0.270. The van der Waals surface area contributed by atoms with Crippen LogP contribution < -0.4 is 4.72 Å². The van der Waals surface area contributed by atoms with Gasteiger partial charge < -0.3 is 4.90 Å². The maximum atomic E-state index is 3.92. The highest BCUT2D eigenvalue weighted by Crippen LogP contribution is 2.05. The van der Waals surface area contributed by atoms with Gasteiger partial charge >= 0.3 is 0 Å². The first-order valence-corrected chi connectivity index (χ1v) is 3.97. The van der Waals surface area contributed by atoms with E-state index < -0.39 is 0 Å². The van der Waals surface area contributed by atoms with E-state index in [0.717, 1.165) is 13.1 Å². The lowest BCUT2D eigenvalue weighted by Crippen LogP contribution is -2.26. The summed E-state index contributed by atoms with van der Waals surface area (Å²) in [5, 5.41) is 0. The van der Waals surface area contributed by atoms with Gasteiger partial charge in [-0.2, -0.15) is 0 Å². The zero-order chi connectivity index (χ0) is 6.53. The van der Waals surface area contributed by atoms with E-state index in [4.69, 9.17) is 0 Å². The lowest BCUT2D eigenvalue weighted by atomic mass is 10.4. The van der Waals surface area contributed by atoms with E-state index in [9.17, 15) is 0 Å². The second-order valence-electron chi connectivity index (χ2n) is 2.46. The molecule has 1 rings (SSSR count). The summed E-state index contributed by atoms with van der Waals surface area (Å²) >= 11 is 3.92. The fourth-order valence-corrected chi connectivity index (χ4v) is 1.31.